The number of anilines is 1. The summed E-state index contributed by atoms with van der Waals surface area (Å²) in [7, 11) is 0. The second-order valence-electron chi connectivity index (χ2n) is 7.30. The number of carbonyl (C=O) groups is 1. The summed E-state index contributed by atoms with van der Waals surface area (Å²) in [6, 6.07) is 7.99. The molecule has 0 bridgehead atoms. The minimum atomic E-state index is -0.0513. The molecule has 6 nitrogen and oxygen atoms in total. The van der Waals surface area contributed by atoms with Crippen LogP contribution >= 0.6 is 27.3 Å². The van der Waals surface area contributed by atoms with Crippen LogP contribution in [0.4, 0.5) is 5.13 Å². The number of hydrogen-bond acceptors (Lipinski definition) is 5. The van der Waals surface area contributed by atoms with E-state index < -0.39 is 0 Å². The fourth-order valence-corrected chi connectivity index (χ4v) is 4.82. The summed E-state index contributed by atoms with van der Waals surface area (Å²) in [6.45, 7) is 13.6. The molecule has 0 spiro atoms. The summed E-state index contributed by atoms with van der Waals surface area (Å²) in [6.07, 6.45) is 0. The molecular weight excluding hydrogens is 450 g/mol. The molecule has 1 aromatic carbocycles. The van der Waals surface area contributed by atoms with Gasteiger partial charge in [-0.15, -0.1) is 0 Å². The minimum absolute atomic E-state index is 0.0513. The second-order valence-corrected chi connectivity index (χ2v) is 9.23. The van der Waals surface area contributed by atoms with Gasteiger partial charge in [-0.1, -0.05) is 41.1 Å². The lowest BCUT2D eigenvalue weighted by Gasteiger charge is -2.25. The van der Waals surface area contributed by atoms with Gasteiger partial charge in [-0.05, 0) is 58.1 Å². The van der Waals surface area contributed by atoms with Crippen molar-refractivity contribution in [1.29, 1.82) is 0 Å². The van der Waals surface area contributed by atoms with Crippen LogP contribution in [0.1, 0.15) is 49.9 Å². The van der Waals surface area contributed by atoms with E-state index in [1.54, 1.807) is 11.3 Å². The summed E-state index contributed by atoms with van der Waals surface area (Å²) in [5.74, 6) is -0.0513. The number of hydrogen-bond donors (Lipinski definition) is 0. The standard InChI is InChI=1S/C21H28BrN5OS/c1-6-25(7-2)10-11-26(20(28)18-12-15(5)24-27(18)14(3)4)21-23-17-9-8-16(22)13-19(17)29-21/h8-9,12-14H,6-7,10-11H2,1-5H3. The first-order chi connectivity index (χ1) is 13.8. The maximum atomic E-state index is 13.6. The average molecular weight is 478 g/mol. The molecule has 0 aliphatic carbocycles. The van der Waals surface area contributed by atoms with E-state index in [2.05, 4.69) is 39.8 Å². The Kier molecular flexibility index (Phi) is 7.08. The Hall–Kier alpha value is -1.77. The van der Waals surface area contributed by atoms with Crippen LogP contribution < -0.4 is 4.90 Å². The first kappa shape index (κ1) is 21.9. The molecule has 1 amide bonds. The Morgan fingerprint density at radius 2 is 1.93 bits per heavy atom. The number of fused-ring (bicyclic) bond motifs is 1. The Balaban J connectivity index is 2.01. The van der Waals surface area contributed by atoms with E-state index >= 15 is 0 Å². The molecule has 0 unspecified atom stereocenters. The molecule has 3 rings (SSSR count). The van der Waals surface area contributed by atoms with Crippen LogP contribution in [0.3, 0.4) is 0 Å². The van der Waals surface area contributed by atoms with Crippen molar-refractivity contribution in [3.8, 4) is 0 Å². The van der Waals surface area contributed by atoms with E-state index in [0.717, 1.165) is 45.1 Å². The lowest BCUT2D eigenvalue weighted by atomic mass is 10.3. The molecule has 0 N–H and O–H groups in total. The molecule has 0 aliphatic rings. The SMILES string of the molecule is CCN(CC)CCN(C(=O)c1cc(C)nn1C(C)C)c1nc2ccc(Br)cc2s1. The van der Waals surface area contributed by atoms with Gasteiger partial charge in [-0.3, -0.25) is 14.4 Å². The lowest BCUT2D eigenvalue weighted by Crippen LogP contribution is -2.39. The summed E-state index contributed by atoms with van der Waals surface area (Å²) < 4.78 is 3.88. The Morgan fingerprint density at radius 1 is 1.21 bits per heavy atom. The molecule has 0 radical (unpaired) electrons. The molecule has 156 valence electrons. The average Bonchev–Trinajstić information content (AvgIpc) is 3.28. The van der Waals surface area contributed by atoms with E-state index in [4.69, 9.17) is 4.98 Å². The summed E-state index contributed by atoms with van der Waals surface area (Å²) in [5, 5.41) is 5.25. The van der Waals surface area contributed by atoms with Crippen molar-refractivity contribution in [3.05, 3.63) is 40.1 Å². The summed E-state index contributed by atoms with van der Waals surface area (Å²) >= 11 is 5.07. The van der Waals surface area contributed by atoms with E-state index in [9.17, 15) is 4.79 Å². The highest BCUT2D eigenvalue weighted by molar-refractivity contribution is 9.10. The number of likely N-dealkylation sites (N-methyl/N-ethyl adjacent to an activating group) is 1. The van der Waals surface area contributed by atoms with Crippen molar-refractivity contribution in [2.45, 2.75) is 40.7 Å². The van der Waals surface area contributed by atoms with Crippen LogP contribution in [0.25, 0.3) is 10.2 Å². The van der Waals surface area contributed by atoms with Crippen molar-refractivity contribution in [3.63, 3.8) is 0 Å². The zero-order valence-corrected chi connectivity index (χ0v) is 20.0. The lowest BCUT2D eigenvalue weighted by molar-refractivity contribution is 0.0971. The monoisotopic (exact) mass is 477 g/mol. The molecule has 29 heavy (non-hydrogen) atoms. The first-order valence-corrected chi connectivity index (χ1v) is 11.6. The first-order valence-electron chi connectivity index (χ1n) is 10.0. The molecule has 0 aliphatic heterocycles. The van der Waals surface area contributed by atoms with Gasteiger partial charge in [0.05, 0.1) is 15.9 Å². The van der Waals surface area contributed by atoms with E-state index in [-0.39, 0.29) is 11.9 Å². The molecular formula is C21H28BrN5OS. The number of nitrogens with zero attached hydrogens (tertiary/aromatic N) is 5. The summed E-state index contributed by atoms with van der Waals surface area (Å²) in [5.41, 5.74) is 2.36. The number of thiazole rings is 1. The minimum Gasteiger partial charge on any atom is -0.302 e. The van der Waals surface area contributed by atoms with Gasteiger partial charge < -0.3 is 4.90 Å². The third-order valence-electron chi connectivity index (χ3n) is 4.92. The number of benzene rings is 1. The third kappa shape index (κ3) is 4.87. The zero-order chi connectivity index (χ0) is 21.1. The normalized spacial score (nSPS) is 11.7. The van der Waals surface area contributed by atoms with Crippen LogP contribution in [0.15, 0.2) is 28.7 Å². The number of aromatic nitrogens is 3. The van der Waals surface area contributed by atoms with Crippen molar-refractivity contribution in [2.75, 3.05) is 31.1 Å². The van der Waals surface area contributed by atoms with Crippen LogP contribution in [-0.4, -0.2) is 51.8 Å². The maximum absolute atomic E-state index is 13.6. The quantitative estimate of drug-likeness (QED) is 0.450. The number of aryl methyl sites for hydroxylation is 1. The van der Waals surface area contributed by atoms with Crippen LogP contribution in [0, 0.1) is 6.92 Å². The number of halogens is 1. The highest BCUT2D eigenvalue weighted by atomic mass is 79.9. The largest absolute Gasteiger partial charge is 0.302 e. The third-order valence-corrected chi connectivity index (χ3v) is 6.45. The van der Waals surface area contributed by atoms with Gasteiger partial charge in [-0.25, -0.2) is 4.98 Å². The van der Waals surface area contributed by atoms with Crippen molar-refractivity contribution < 1.29 is 4.79 Å². The number of carbonyl (C=O) groups excluding carboxylic acids is 1. The van der Waals surface area contributed by atoms with Crippen molar-refractivity contribution >= 4 is 48.5 Å². The van der Waals surface area contributed by atoms with Gasteiger partial charge in [0.15, 0.2) is 5.13 Å². The Bertz CT molecular complexity index is 992. The zero-order valence-electron chi connectivity index (χ0n) is 17.6. The number of amides is 1. The smallest absolute Gasteiger partial charge is 0.278 e. The predicted octanol–water partition coefficient (Wildman–Crippen LogP) is 5.13. The van der Waals surface area contributed by atoms with Gasteiger partial charge in [-0.2, -0.15) is 5.10 Å². The molecule has 2 aromatic heterocycles. The van der Waals surface area contributed by atoms with E-state index in [0.29, 0.717) is 12.2 Å². The highest BCUT2D eigenvalue weighted by Gasteiger charge is 2.26. The number of rotatable bonds is 8. The van der Waals surface area contributed by atoms with Gasteiger partial charge in [0.25, 0.3) is 5.91 Å². The van der Waals surface area contributed by atoms with Gasteiger partial charge in [0.1, 0.15) is 5.69 Å². The van der Waals surface area contributed by atoms with E-state index in [1.807, 2.05) is 54.6 Å². The summed E-state index contributed by atoms with van der Waals surface area (Å²) in [4.78, 5) is 22.5. The highest BCUT2D eigenvalue weighted by Crippen LogP contribution is 2.32. The molecule has 2 heterocycles. The van der Waals surface area contributed by atoms with Crippen molar-refractivity contribution in [2.24, 2.45) is 0 Å². The maximum Gasteiger partial charge on any atom is 0.278 e. The topological polar surface area (TPSA) is 54.3 Å². The fraction of sp³-hybridized carbons (Fsp3) is 0.476. The molecule has 0 fully saturated rings. The Morgan fingerprint density at radius 3 is 2.59 bits per heavy atom. The molecule has 3 aromatic rings. The van der Waals surface area contributed by atoms with Crippen LogP contribution in [-0.2, 0) is 0 Å². The van der Waals surface area contributed by atoms with Crippen LogP contribution in [0.2, 0.25) is 0 Å². The molecule has 0 atom stereocenters. The van der Waals surface area contributed by atoms with E-state index in [1.165, 1.54) is 0 Å². The molecule has 0 saturated heterocycles. The van der Waals surface area contributed by atoms with Gasteiger partial charge >= 0.3 is 0 Å². The van der Waals surface area contributed by atoms with Gasteiger partial charge in [0, 0.05) is 23.6 Å². The molecule has 8 heteroatoms. The van der Waals surface area contributed by atoms with Gasteiger partial charge in [0.2, 0.25) is 0 Å². The fourth-order valence-electron chi connectivity index (χ4n) is 3.28. The van der Waals surface area contributed by atoms with Crippen LogP contribution in [0.5, 0.6) is 0 Å². The molecule has 0 saturated carbocycles. The second kappa shape index (κ2) is 9.36. The predicted molar refractivity (Wildman–Crippen MR) is 124 cm³/mol. The Labute approximate surface area is 184 Å². The van der Waals surface area contributed by atoms with Crippen molar-refractivity contribution in [1.82, 2.24) is 19.7 Å².